The third-order valence-corrected chi connectivity index (χ3v) is 3.23. The van der Waals surface area contributed by atoms with Crippen molar-refractivity contribution in [3.63, 3.8) is 0 Å². The Labute approximate surface area is 116 Å². The Balaban J connectivity index is 2.77. The molecule has 0 radical (unpaired) electrons. The molecule has 0 bridgehead atoms. The van der Waals surface area contributed by atoms with Crippen LogP contribution in [0.4, 0.5) is 0 Å². The van der Waals surface area contributed by atoms with Crippen molar-refractivity contribution in [3.8, 4) is 0 Å². The second kappa shape index (κ2) is 5.57. The summed E-state index contributed by atoms with van der Waals surface area (Å²) in [5.41, 5.74) is -1.12. The number of esters is 1. The molecule has 2 rings (SSSR count). The average molecular weight is 270 g/mol. The highest BCUT2D eigenvalue weighted by Gasteiger charge is 2.50. The fraction of sp³-hybridized carbons (Fsp3) is 0.125. The van der Waals surface area contributed by atoms with Crippen LogP contribution >= 0.6 is 0 Å². The normalized spacial score (nSPS) is 10.8. The maximum absolute atomic E-state index is 12.3. The van der Waals surface area contributed by atoms with E-state index in [-0.39, 0.29) is 0 Å². The Morgan fingerprint density at radius 1 is 0.900 bits per heavy atom. The Morgan fingerprint density at radius 2 is 1.30 bits per heavy atom. The molecule has 0 amide bonds. The highest BCUT2D eigenvalue weighted by molar-refractivity contribution is 6.09. The Kier molecular flexibility index (Phi) is 3.84. The predicted octanol–water partition coefficient (Wildman–Crippen LogP) is 2.23. The first-order chi connectivity index (χ1) is 9.64. The van der Waals surface area contributed by atoms with Crippen LogP contribution in [0.2, 0.25) is 0 Å². The minimum atomic E-state index is -1.85. The molecule has 4 nitrogen and oxygen atoms in total. The zero-order valence-corrected chi connectivity index (χ0v) is 10.9. The van der Waals surface area contributed by atoms with Gasteiger partial charge in [-0.15, -0.1) is 0 Å². The van der Waals surface area contributed by atoms with Crippen LogP contribution in [-0.2, 0) is 19.7 Å². The zero-order chi connectivity index (χ0) is 14.6. The van der Waals surface area contributed by atoms with Crippen molar-refractivity contribution in [1.29, 1.82) is 0 Å². The standard InChI is InChI=1S/C16H14O4/c1-20-15(19)16(14(17)18,12-8-4-2-5-9-12)13-10-6-3-7-11-13/h2-11H,1H3,(H,17,18). The van der Waals surface area contributed by atoms with Crippen molar-refractivity contribution in [2.24, 2.45) is 0 Å². The molecule has 2 aromatic carbocycles. The van der Waals surface area contributed by atoms with E-state index >= 15 is 0 Å². The Morgan fingerprint density at radius 3 is 1.60 bits per heavy atom. The topological polar surface area (TPSA) is 63.6 Å². The summed E-state index contributed by atoms with van der Waals surface area (Å²) < 4.78 is 4.77. The number of hydrogen-bond acceptors (Lipinski definition) is 3. The molecule has 4 heteroatoms. The van der Waals surface area contributed by atoms with Gasteiger partial charge in [-0.05, 0) is 11.1 Å². The molecule has 0 saturated carbocycles. The van der Waals surface area contributed by atoms with Gasteiger partial charge < -0.3 is 9.84 Å². The molecule has 0 aliphatic carbocycles. The second-order valence-electron chi connectivity index (χ2n) is 4.28. The molecule has 0 aliphatic heterocycles. The third-order valence-electron chi connectivity index (χ3n) is 3.23. The fourth-order valence-corrected chi connectivity index (χ4v) is 2.27. The molecule has 2 aromatic rings. The number of methoxy groups -OCH3 is 1. The van der Waals surface area contributed by atoms with E-state index < -0.39 is 17.4 Å². The number of carboxylic acid groups (broad SMARTS) is 1. The summed E-state index contributed by atoms with van der Waals surface area (Å²) in [6, 6.07) is 16.7. The van der Waals surface area contributed by atoms with Gasteiger partial charge in [0.1, 0.15) is 0 Å². The molecule has 0 atom stereocenters. The van der Waals surface area contributed by atoms with E-state index in [0.29, 0.717) is 11.1 Å². The van der Waals surface area contributed by atoms with Gasteiger partial charge in [0.25, 0.3) is 0 Å². The summed E-state index contributed by atoms with van der Waals surface area (Å²) in [6.45, 7) is 0. The van der Waals surface area contributed by atoms with E-state index in [9.17, 15) is 14.7 Å². The Hall–Kier alpha value is -2.62. The van der Waals surface area contributed by atoms with Crippen LogP contribution in [0, 0.1) is 0 Å². The minimum Gasteiger partial charge on any atom is -0.480 e. The van der Waals surface area contributed by atoms with Gasteiger partial charge in [-0.3, -0.25) is 9.59 Å². The SMILES string of the molecule is COC(=O)C(C(=O)O)(c1ccccc1)c1ccccc1. The number of benzene rings is 2. The summed E-state index contributed by atoms with van der Waals surface area (Å²) in [4.78, 5) is 24.2. The average Bonchev–Trinajstić information content (AvgIpc) is 2.49. The highest BCUT2D eigenvalue weighted by atomic mass is 16.5. The van der Waals surface area contributed by atoms with Crippen molar-refractivity contribution in [2.45, 2.75) is 5.41 Å². The quantitative estimate of drug-likeness (QED) is 0.683. The van der Waals surface area contributed by atoms with E-state index in [2.05, 4.69) is 0 Å². The van der Waals surface area contributed by atoms with Crippen LogP contribution < -0.4 is 0 Å². The lowest BCUT2D eigenvalue weighted by Gasteiger charge is -2.27. The molecule has 0 heterocycles. The third kappa shape index (κ3) is 2.05. The molecule has 0 aliphatic rings. The molecule has 0 saturated heterocycles. The molecule has 0 fully saturated rings. The van der Waals surface area contributed by atoms with Gasteiger partial charge in [0.05, 0.1) is 7.11 Å². The van der Waals surface area contributed by atoms with Crippen LogP contribution in [0.3, 0.4) is 0 Å². The van der Waals surface area contributed by atoms with Gasteiger partial charge in [0.2, 0.25) is 5.41 Å². The van der Waals surface area contributed by atoms with Crippen molar-refractivity contribution in [3.05, 3.63) is 71.8 Å². The first kappa shape index (κ1) is 13.8. The first-order valence-corrected chi connectivity index (χ1v) is 6.07. The van der Waals surface area contributed by atoms with Gasteiger partial charge in [-0.1, -0.05) is 60.7 Å². The number of ether oxygens (including phenoxy) is 1. The van der Waals surface area contributed by atoms with Crippen molar-refractivity contribution < 1.29 is 19.4 Å². The van der Waals surface area contributed by atoms with E-state index in [1.165, 1.54) is 7.11 Å². The smallest absolute Gasteiger partial charge is 0.332 e. The predicted molar refractivity (Wildman–Crippen MR) is 73.3 cm³/mol. The first-order valence-electron chi connectivity index (χ1n) is 6.07. The fourth-order valence-electron chi connectivity index (χ4n) is 2.27. The molecule has 0 unspecified atom stereocenters. The summed E-state index contributed by atoms with van der Waals surface area (Å²) in [7, 11) is 1.19. The lowest BCUT2D eigenvalue weighted by Crippen LogP contribution is -2.45. The maximum Gasteiger partial charge on any atom is 0.332 e. The number of rotatable bonds is 4. The molecular formula is C16H14O4. The maximum atomic E-state index is 12.3. The van der Waals surface area contributed by atoms with Gasteiger partial charge >= 0.3 is 11.9 Å². The van der Waals surface area contributed by atoms with Crippen LogP contribution in [-0.4, -0.2) is 24.2 Å². The second-order valence-corrected chi connectivity index (χ2v) is 4.28. The summed E-state index contributed by atoms with van der Waals surface area (Å²) in [5, 5.41) is 9.73. The number of carbonyl (C=O) groups is 2. The van der Waals surface area contributed by atoms with Crippen LogP contribution in [0.15, 0.2) is 60.7 Å². The van der Waals surface area contributed by atoms with Crippen molar-refractivity contribution in [2.75, 3.05) is 7.11 Å². The van der Waals surface area contributed by atoms with E-state index in [0.717, 1.165) is 0 Å². The van der Waals surface area contributed by atoms with Gasteiger partial charge in [0, 0.05) is 0 Å². The zero-order valence-electron chi connectivity index (χ0n) is 10.9. The van der Waals surface area contributed by atoms with Crippen LogP contribution in [0.5, 0.6) is 0 Å². The summed E-state index contributed by atoms with van der Waals surface area (Å²) in [6.07, 6.45) is 0. The lowest BCUT2D eigenvalue weighted by molar-refractivity contribution is -0.157. The molecule has 0 spiro atoms. The lowest BCUT2D eigenvalue weighted by atomic mass is 9.74. The van der Waals surface area contributed by atoms with E-state index in [1.54, 1.807) is 60.7 Å². The van der Waals surface area contributed by atoms with Gasteiger partial charge in [-0.25, -0.2) is 0 Å². The number of carboxylic acids is 1. The van der Waals surface area contributed by atoms with Crippen molar-refractivity contribution >= 4 is 11.9 Å². The number of carbonyl (C=O) groups excluding carboxylic acids is 1. The Bertz CT molecular complexity index is 565. The van der Waals surface area contributed by atoms with E-state index in [4.69, 9.17) is 4.74 Å². The van der Waals surface area contributed by atoms with Crippen LogP contribution in [0.1, 0.15) is 11.1 Å². The number of aliphatic carboxylic acids is 1. The van der Waals surface area contributed by atoms with Gasteiger partial charge in [0.15, 0.2) is 0 Å². The summed E-state index contributed by atoms with van der Waals surface area (Å²) >= 11 is 0. The molecule has 20 heavy (non-hydrogen) atoms. The highest BCUT2D eigenvalue weighted by Crippen LogP contribution is 2.34. The molecule has 0 aromatic heterocycles. The molecular weight excluding hydrogens is 256 g/mol. The summed E-state index contributed by atoms with van der Waals surface area (Å²) in [5.74, 6) is -2.08. The van der Waals surface area contributed by atoms with Gasteiger partial charge in [-0.2, -0.15) is 0 Å². The van der Waals surface area contributed by atoms with Crippen molar-refractivity contribution in [1.82, 2.24) is 0 Å². The molecule has 1 N–H and O–H groups in total. The minimum absolute atomic E-state index is 0.366. The largest absolute Gasteiger partial charge is 0.480 e. The van der Waals surface area contributed by atoms with Crippen LogP contribution in [0.25, 0.3) is 0 Å². The monoisotopic (exact) mass is 270 g/mol. The van der Waals surface area contributed by atoms with E-state index in [1.807, 2.05) is 0 Å². The number of hydrogen-bond donors (Lipinski definition) is 1. The molecule has 102 valence electrons.